The molecule has 146 valence electrons. The number of benzene rings is 2. The number of hydrogen-bond acceptors (Lipinski definition) is 6. The summed E-state index contributed by atoms with van der Waals surface area (Å²) in [4.78, 5) is 2.18. The van der Waals surface area contributed by atoms with Gasteiger partial charge in [0.25, 0.3) is 0 Å². The molecule has 0 radical (unpaired) electrons. The zero-order chi connectivity index (χ0) is 19.7. The Balaban J connectivity index is 1.59. The number of anilines is 1. The van der Waals surface area contributed by atoms with Gasteiger partial charge in [-0.1, -0.05) is 35.5 Å². The average molecular weight is 399 g/mol. The van der Waals surface area contributed by atoms with Crippen LogP contribution in [-0.2, 0) is 16.6 Å². The lowest BCUT2D eigenvalue weighted by Gasteiger charge is -2.28. The minimum atomic E-state index is -3.71. The molecule has 2 aromatic carbocycles. The summed E-state index contributed by atoms with van der Waals surface area (Å²) in [6.45, 7) is 3.16. The Kier molecular flexibility index (Phi) is 4.82. The van der Waals surface area contributed by atoms with Crippen molar-refractivity contribution < 1.29 is 17.7 Å². The first kappa shape index (κ1) is 18.5. The molecule has 1 aromatic heterocycles. The molecule has 0 bridgehead atoms. The van der Waals surface area contributed by atoms with Crippen LogP contribution in [0.1, 0.15) is 11.3 Å². The number of sulfonamides is 1. The topological polar surface area (TPSA) is 84.7 Å². The molecule has 28 heavy (non-hydrogen) atoms. The maximum absolute atomic E-state index is 12.9. The molecule has 0 fully saturated rings. The van der Waals surface area contributed by atoms with Crippen LogP contribution in [0.2, 0.25) is 0 Å². The molecule has 8 heteroatoms. The van der Waals surface area contributed by atoms with Gasteiger partial charge in [0, 0.05) is 24.7 Å². The number of likely N-dealkylation sites (N-methyl/N-ethyl adjacent to an activating group) is 1. The first-order valence-corrected chi connectivity index (χ1v) is 10.4. The lowest BCUT2D eigenvalue weighted by atomic mass is 10.1. The highest BCUT2D eigenvalue weighted by atomic mass is 32.2. The highest BCUT2D eigenvalue weighted by Crippen LogP contribution is 2.33. The molecule has 2 heterocycles. The van der Waals surface area contributed by atoms with Crippen LogP contribution in [0, 0.1) is 6.92 Å². The summed E-state index contributed by atoms with van der Waals surface area (Å²) in [5.74, 6) is 1.27. The lowest BCUT2D eigenvalue weighted by Crippen LogP contribution is -2.29. The zero-order valence-corrected chi connectivity index (χ0v) is 16.5. The van der Waals surface area contributed by atoms with E-state index in [1.807, 2.05) is 42.3 Å². The van der Waals surface area contributed by atoms with Crippen molar-refractivity contribution in [2.45, 2.75) is 18.4 Å². The maximum Gasteiger partial charge on any atom is 0.240 e. The second-order valence-electron chi connectivity index (χ2n) is 6.66. The second kappa shape index (κ2) is 7.29. The normalized spacial score (nSPS) is 13.9. The van der Waals surface area contributed by atoms with Gasteiger partial charge in [-0.3, -0.25) is 0 Å². The van der Waals surface area contributed by atoms with Crippen molar-refractivity contribution in [1.29, 1.82) is 0 Å². The van der Waals surface area contributed by atoms with Gasteiger partial charge >= 0.3 is 0 Å². The molecule has 1 aliphatic heterocycles. The number of nitrogens with one attached hydrogen (secondary N) is 1. The van der Waals surface area contributed by atoms with Crippen molar-refractivity contribution in [3.63, 3.8) is 0 Å². The summed E-state index contributed by atoms with van der Waals surface area (Å²) >= 11 is 0. The quantitative estimate of drug-likeness (QED) is 0.710. The SMILES string of the molecule is Cc1onc(-c2ccccc2)c1CNS(=O)(=O)c1ccc2c(c1)N(C)CCO2. The van der Waals surface area contributed by atoms with E-state index < -0.39 is 10.0 Å². The van der Waals surface area contributed by atoms with Gasteiger partial charge in [0.15, 0.2) is 0 Å². The van der Waals surface area contributed by atoms with Crippen molar-refractivity contribution >= 4 is 15.7 Å². The molecule has 4 rings (SSSR count). The highest BCUT2D eigenvalue weighted by Gasteiger charge is 2.22. The van der Waals surface area contributed by atoms with E-state index in [2.05, 4.69) is 9.88 Å². The first-order chi connectivity index (χ1) is 13.5. The Morgan fingerprint density at radius 2 is 1.96 bits per heavy atom. The third-order valence-electron chi connectivity index (χ3n) is 4.81. The highest BCUT2D eigenvalue weighted by molar-refractivity contribution is 7.89. The van der Waals surface area contributed by atoms with Crippen LogP contribution in [0.15, 0.2) is 57.9 Å². The van der Waals surface area contributed by atoms with Gasteiger partial charge in [-0.15, -0.1) is 0 Å². The first-order valence-electron chi connectivity index (χ1n) is 8.94. The van der Waals surface area contributed by atoms with Gasteiger partial charge in [-0.05, 0) is 25.1 Å². The number of fused-ring (bicyclic) bond motifs is 1. The van der Waals surface area contributed by atoms with E-state index >= 15 is 0 Å². The Hall–Kier alpha value is -2.84. The monoisotopic (exact) mass is 399 g/mol. The molecule has 3 aromatic rings. The number of nitrogens with zero attached hydrogens (tertiary/aromatic N) is 2. The van der Waals surface area contributed by atoms with Crippen LogP contribution in [-0.4, -0.2) is 33.8 Å². The van der Waals surface area contributed by atoms with E-state index in [9.17, 15) is 8.42 Å². The number of rotatable bonds is 5. The van der Waals surface area contributed by atoms with Crippen LogP contribution in [0.25, 0.3) is 11.3 Å². The fourth-order valence-corrected chi connectivity index (χ4v) is 4.19. The summed E-state index contributed by atoms with van der Waals surface area (Å²) in [6, 6.07) is 14.4. The zero-order valence-electron chi connectivity index (χ0n) is 15.7. The van der Waals surface area contributed by atoms with Gasteiger partial charge in [0.05, 0.1) is 17.1 Å². The van der Waals surface area contributed by atoms with Crippen LogP contribution < -0.4 is 14.4 Å². The van der Waals surface area contributed by atoms with Crippen molar-refractivity contribution in [1.82, 2.24) is 9.88 Å². The molecule has 0 unspecified atom stereocenters. The molecule has 0 spiro atoms. The molecular formula is C20H21N3O4S. The van der Waals surface area contributed by atoms with Crippen molar-refractivity contribution in [2.75, 3.05) is 25.1 Å². The van der Waals surface area contributed by atoms with Crippen molar-refractivity contribution in [3.05, 3.63) is 59.9 Å². The summed E-state index contributed by atoms with van der Waals surface area (Å²) in [5.41, 5.74) is 2.99. The summed E-state index contributed by atoms with van der Waals surface area (Å²) in [6.07, 6.45) is 0. The molecule has 7 nitrogen and oxygen atoms in total. The maximum atomic E-state index is 12.9. The van der Waals surface area contributed by atoms with E-state index in [1.54, 1.807) is 25.1 Å². The molecule has 0 aliphatic carbocycles. The lowest BCUT2D eigenvalue weighted by molar-refractivity contribution is 0.311. The van der Waals surface area contributed by atoms with E-state index in [4.69, 9.17) is 9.26 Å². The predicted octanol–water partition coefficient (Wildman–Crippen LogP) is 2.96. The Bertz CT molecular complexity index is 1090. The number of ether oxygens (including phenoxy) is 1. The van der Waals surface area contributed by atoms with Gasteiger partial charge in [0.2, 0.25) is 10.0 Å². The number of aromatic nitrogens is 1. The van der Waals surface area contributed by atoms with E-state index in [0.717, 1.165) is 11.3 Å². The number of aryl methyl sites for hydroxylation is 1. The van der Waals surface area contributed by atoms with E-state index in [1.165, 1.54) is 0 Å². The molecular weight excluding hydrogens is 378 g/mol. The van der Waals surface area contributed by atoms with Crippen LogP contribution in [0.3, 0.4) is 0 Å². The molecule has 0 amide bonds. The third-order valence-corrected chi connectivity index (χ3v) is 6.21. The van der Waals surface area contributed by atoms with Gasteiger partial charge in [-0.2, -0.15) is 0 Å². The van der Waals surface area contributed by atoms with Crippen LogP contribution in [0.4, 0.5) is 5.69 Å². The van der Waals surface area contributed by atoms with Gasteiger partial charge < -0.3 is 14.2 Å². The summed E-state index contributed by atoms with van der Waals surface area (Å²) < 4.78 is 39.3. The fourth-order valence-electron chi connectivity index (χ4n) is 3.17. The second-order valence-corrected chi connectivity index (χ2v) is 8.42. The smallest absolute Gasteiger partial charge is 0.240 e. The molecule has 0 saturated carbocycles. The van der Waals surface area contributed by atoms with Crippen LogP contribution in [0.5, 0.6) is 5.75 Å². The fraction of sp³-hybridized carbons (Fsp3) is 0.250. The summed E-state index contributed by atoms with van der Waals surface area (Å²) in [7, 11) is -1.80. The van der Waals surface area contributed by atoms with Gasteiger partial charge in [0.1, 0.15) is 23.8 Å². The molecule has 1 aliphatic rings. The Labute approximate surface area is 164 Å². The van der Waals surface area contributed by atoms with E-state index in [-0.39, 0.29) is 11.4 Å². The third kappa shape index (κ3) is 3.48. The molecule has 1 N–H and O–H groups in total. The van der Waals surface area contributed by atoms with Crippen LogP contribution >= 0.6 is 0 Å². The standard InChI is InChI=1S/C20H21N3O4S/c1-14-17(20(22-27-14)15-6-4-3-5-7-15)13-21-28(24,25)16-8-9-19-18(12-16)23(2)10-11-26-19/h3-9,12,21H,10-11,13H2,1-2H3. The largest absolute Gasteiger partial charge is 0.490 e. The molecule has 0 atom stereocenters. The summed E-state index contributed by atoms with van der Waals surface area (Å²) in [5, 5.41) is 4.09. The Morgan fingerprint density at radius 1 is 1.18 bits per heavy atom. The molecule has 0 saturated heterocycles. The minimum Gasteiger partial charge on any atom is -0.490 e. The Morgan fingerprint density at radius 3 is 2.75 bits per heavy atom. The predicted molar refractivity (Wildman–Crippen MR) is 106 cm³/mol. The van der Waals surface area contributed by atoms with Crippen molar-refractivity contribution in [2.24, 2.45) is 0 Å². The average Bonchev–Trinajstić information content (AvgIpc) is 3.08. The van der Waals surface area contributed by atoms with Gasteiger partial charge in [-0.25, -0.2) is 13.1 Å². The number of hydrogen-bond donors (Lipinski definition) is 1. The van der Waals surface area contributed by atoms with Crippen molar-refractivity contribution in [3.8, 4) is 17.0 Å². The minimum absolute atomic E-state index is 0.0886. The van der Waals surface area contributed by atoms with E-state index in [0.29, 0.717) is 35.9 Å².